The van der Waals surface area contributed by atoms with Crippen LogP contribution in [0.25, 0.3) is 0 Å². The van der Waals surface area contributed by atoms with Crippen molar-refractivity contribution < 1.29 is 28.2 Å². The lowest BCUT2D eigenvalue weighted by Crippen LogP contribution is -2.38. The maximum absolute atomic E-state index is 12.9. The van der Waals surface area contributed by atoms with E-state index in [4.69, 9.17) is 9.47 Å². The average molecular weight is 393 g/mol. The highest BCUT2D eigenvalue weighted by Crippen LogP contribution is 2.09. The molecule has 1 atom stereocenters. The van der Waals surface area contributed by atoms with E-state index in [0.29, 0.717) is 5.56 Å². The topological polar surface area (TPSA) is 81.7 Å². The van der Waals surface area contributed by atoms with Crippen LogP contribution in [-0.2, 0) is 25.5 Å². The van der Waals surface area contributed by atoms with Gasteiger partial charge in [0, 0.05) is 12.8 Å². The summed E-state index contributed by atoms with van der Waals surface area (Å²) in [5, 5.41) is 2.64. The molecule has 0 unspecified atom stereocenters. The van der Waals surface area contributed by atoms with E-state index < -0.39 is 17.7 Å². The van der Waals surface area contributed by atoms with Crippen molar-refractivity contribution in [1.29, 1.82) is 0 Å². The predicted octanol–water partition coefficient (Wildman–Crippen LogP) is 3.73. The van der Waals surface area contributed by atoms with E-state index in [0.717, 1.165) is 0 Å². The maximum atomic E-state index is 12.9. The highest BCUT2D eigenvalue weighted by Gasteiger charge is 2.19. The minimum Gasteiger partial charge on any atom is -0.466 e. The summed E-state index contributed by atoms with van der Waals surface area (Å²) in [7, 11) is 0. The molecule has 0 saturated carbocycles. The normalized spacial score (nSPS) is 12.5. The lowest BCUT2D eigenvalue weighted by atomic mass is 10.1. The van der Waals surface area contributed by atoms with Crippen LogP contribution in [0, 0.1) is 5.82 Å². The number of esters is 1. The van der Waals surface area contributed by atoms with Crippen LogP contribution in [0.4, 0.5) is 9.18 Å². The zero-order chi connectivity index (χ0) is 21.2. The first-order valence-electron chi connectivity index (χ1n) is 9.19. The number of hydrogen-bond donors (Lipinski definition) is 1. The molecular formula is C21H28FNO5. The van der Waals surface area contributed by atoms with Crippen LogP contribution < -0.4 is 5.32 Å². The second kappa shape index (κ2) is 11.2. The fraction of sp³-hybridized carbons (Fsp3) is 0.476. The first-order chi connectivity index (χ1) is 13.1. The van der Waals surface area contributed by atoms with Gasteiger partial charge >= 0.3 is 12.1 Å². The number of carbonyl (C=O) groups is 3. The average Bonchev–Trinajstić information content (AvgIpc) is 2.58. The highest BCUT2D eigenvalue weighted by molar-refractivity contribution is 5.91. The van der Waals surface area contributed by atoms with Crippen molar-refractivity contribution in [2.45, 2.75) is 58.6 Å². The van der Waals surface area contributed by atoms with Gasteiger partial charge in [-0.15, -0.1) is 0 Å². The number of allylic oxidation sites excluding steroid dienone is 1. The number of ether oxygens (including phenoxy) is 2. The third-order valence-corrected chi connectivity index (χ3v) is 3.47. The monoisotopic (exact) mass is 393 g/mol. The van der Waals surface area contributed by atoms with E-state index in [1.807, 2.05) is 0 Å². The highest BCUT2D eigenvalue weighted by atomic mass is 19.1. The molecule has 0 spiro atoms. The van der Waals surface area contributed by atoms with Gasteiger partial charge in [-0.25, -0.2) is 9.18 Å². The molecule has 0 heterocycles. The number of rotatable bonds is 9. The Labute approximate surface area is 165 Å². The quantitative estimate of drug-likeness (QED) is 0.511. The second-order valence-corrected chi connectivity index (χ2v) is 7.23. The van der Waals surface area contributed by atoms with Gasteiger partial charge < -0.3 is 14.8 Å². The minimum atomic E-state index is -0.669. The van der Waals surface area contributed by atoms with Crippen molar-refractivity contribution >= 4 is 17.8 Å². The fourth-order valence-electron chi connectivity index (χ4n) is 2.27. The van der Waals surface area contributed by atoms with Crippen molar-refractivity contribution in [2.75, 3.05) is 6.61 Å². The summed E-state index contributed by atoms with van der Waals surface area (Å²) >= 11 is 0. The van der Waals surface area contributed by atoms with E-state index in [1.165, 1.54) is 36.4 Å². The summed E-state index contributed by atoms with van der Waals surface area (Å²) < 4.78 is 23.0. The number of amides is 1. The van der Waals surface area contributed by atoms with Gasteiger partial charge in [0.2, 0.25) is 0 Å². The van der Waals surface area contributed by atoms with E-state index in [9.17, 15) is 18.8 Å². The molecule has 28 heavy (non-hydrogen) atoms. The van der Waals surface area contributed by atoms with E-state index >= 15 is 0 Å². The molecule has 0 aromatic heterocycles. The van der Waals surface area contributed by atoms with E-state index in [1.54, 1.807) is 27.7 Å². The SMILES string of the molecule is CCOC(=O)CC[C@H](C=CC(=O)Cc1ccc(F)cc1)NC(=O)OC(C)(C)C. The van der Waals surface area contributed by atoms with Gasteiger partial charge in [-0.2, -0.15) is 0 Å². The Morgan fingerprint density at radius 3 is 2.39 bits per heavy atom. The maximum Gasteiger partial charge on any atom is 0.408 e. The summed E-state index contributed by atoms with van der Waals surface area (Å²) in [6.07, 6.45) is 2.68. The Morgan fingerprint density at radius 1 is 1.18 bits per heavy atom. The van der Waals surface area contributed by atoms with Gasteiger partial charge in [0.25, 0.3) is 0 Å². The van der Waals surface area contributed by atoms with Crippen molar-refractivity contribution in [3.05, 3.63) is 47.8 Å². The molecule has 1 rings (SSSR count). The van der Waals surface area contributed by atoms with Crippen LogP contribution >= 0.6 is 0 Å². The summed E-state index contributed by atoms with van der Waals surface area (Å²) in [5.41, 5.74) is 0.0111. The van der Waals surface area contributed by atoms with Crippen molar-refractivity contribution in [1.82, 2.24) is 5.32 Å². The molecular weight excluding hydrogens is 365 g/mol. The van der Waals surface area contributed by atoms with Crippen LogP contribution in [0.2, 0.25) is 0 Å². The molecule has 7 heteroatoms. The molecule has 0 aliphatic rings. The Bertz CT molecular complexity index is 692. The Kier molecular flexibility index (Phi) is 9.35. The van der Waals surface area contributed by atoms with Gasteiger partial charge in [0.05, 0.1) is 12.6 Å². The number of halogens is 1. The molecule has 1 N–H and O–H groups in total. The molecule has 0 radical (unpaired) electrons. The Balaban J connectivity index is 2.71. The second-order valence-electron chi connectivity index (χ2n) is 7.23. The smallest absolute Gasteiger partial charge is 0.408 e. The largest absolute Gasteiger partial charge is 0.466 e. The van der Waals surface area contributed by atoms with Gasteiger partial charge in [-0.05, 0) is 57.9 Å². The fourth-order valence-corrected chi connectivity index (χ4v) is 2.27. The zero-order valence-corrected chi connectivity index (χ0v) is 16.8. The standard InChI is InChI=1S/C21H28FNO5/c1-5-27-19(25)13-11-17(23-20(26)28-21(2,3)4)10-12-18(24)14-15-6-8-16(22)9-7-15/h6-10,12,17H,5,11,13-14H2,1-4H3,(H,23,26)/t17-/m0/s1. The van der Waals surface area contributed by atoms with Crippen molar-refractivity contribution in [2.24, 2.45) is 0 Å². The predicted molar refractivity (Wildman–Crippen MR) is 103 cm³/mol. The summed E-state index contributed by atoms with van der Waals surface area (Å²) in [6.45, 7) is 7.20. The summed E-state index contributed by atoms with van der Waals surface area (Å²) in [4.78, 5) is 35.7. The molecule has 154 valence electrons. The number of benzene rings is 1. The lowest BCUT2D eigenvalue weighted by molar-refractivity contribution is -0.143. The van der Waals surface area contributed by atoms with Crippen LogP contribution in [0.3, 0.4) is 0 Å². The molecule has 1 amide bonds. The van der Waals surface area contributed by atoms with Gasteiger partial charge in [0.1, 0.15) is 11.4 Å². The first kappa shape index (κ1) is 23.3. The van der Waals surface area contributed by atoms with Crippen LogP contribution in [0.5, 0.6) is 0 Å². The van der Waals surface area contributed by atoms with Gasteiger partial charge in [-0.1, -0.05) is 18.2 Å². The van der Waals surface area contributed by atoms with Crippen LogP contribution in [-0.4, -0.2) is 36.1 Å². The number of alkyl carbamates (subject to hydrolysis) is 1. The van der Waals surface area contributed by atoms with Crippen molar-refractivity contribution in [3.8, 4) is 0 Å². The van der Waals surface area contributed by atoms with Crippen LogP contribution in [0.15, 0.2) is 36.4 Å². The van der Waals surface area contributed by atoms with Gasteiger partial charge in [0.15, 0.2) is 5.78 Å². The van der Waals surface area contributed by atoms with Crippen molar-refractivity contribution in [3.63, 3.8) is 0 Å². The van der Waals surface area contributed by atoms with Crippen LogP contribution in [0.1, 0.15) is 46.1 Å². The first-order valence-corrected chi connectivity index (χ1v) is 9.19. The number of nitrogens with one attached hydrogen (secondary N) is 1. The molecule has 0 bridgehead atoms. The number of ketones is 1. The molecule has 0 saturated heterocycles. The summed E-state index contributed by atoms with van der Waals surface area (Å²) in [5.74, 6) is -0.962. The van der Waals surface area contributed by atoms with Gasteiger partial charge in [-0.3, -0.25) is 9.59 Å². The Hall–Kier alpha value is -2.70. The lowest BCUT2D eigenvalue weighted by Gasteiger charge is -2.22. The molecule has 0 fully saturated rings. The molecule has 0 aliphatic carbocycles. The number of hydrogen-bond acceptors (Lipinski definition) is 5. The number of carbonyl (C=O) groups excluding carboxylic acids is 3. The minimum absolute atomic E-state index is 0.0881. The third kappa shape index (κ3) is 10.4. The van der Waals surface area contributed by atoms with E-state index in [-0.39, 0.29) is 43.4 Å². The third-order valence-electron chi connectivity index (χ3n) is 3.47. The molecule has 1 aromatic rings. The summed E-state index contributed by atoms with van der Waals surface area (Å²) in [6, 6.07) is 5.09. The molecule has 6 nitrogen and oxygen atoms in total. The zero-order valence-electron chi connectivity index (χ0n) is 16.8. The Morgan fingerprint density at radius 2 is 1.82 bits per heavy atom. The van der Waals surface area contributed by atoms with E-state index in [2.05, 4.69) is 5.32 Å². The molecule has 1 aromatic carbocycles. The molecule has 0 aliphatic heterocycles.